The summed E-state index contributed by atoms with van der Waals surface area (Å²) in [6.45, 7) is 0. The van der Waals surface area contributed by atoms with Crippen LogP contribution in [0, 0.1) is 0 Å². The van der Waals surface area contributed by atoms with Crippen molar-refractivity contribution in [2.45, 2.75) is 6.18 Å². The van der Waals surface area contributed by atoms with Gasteiger partial charge in [-0.05, 0) is 24.3 Å². The first kappa shape index (κ1) is 11.2. The molecule has 0 saturated carbocycles. The summed E-state index contributed by atoms with van der Waals surface area (Å²) in [5.41, 5.74) is -0.815. The average molecular weight is 226 g/mol. The molecule has 0 fully saturated rings. The van der Waals surface area contributed by atoms with Crippen molar-refractivity contribution in [3.63, 3.8) is 0 Å². The quantitative estimate of drug-likeness (QED) is 0.760. The third-order valence-corrected chi connectivity index (χ3v) is 1.74. The maximum atomic E-state index is 12.0. The van der Waals surface area contributed by atoms with Crippen molar-refractivity contribution in [3.8, 4) is 5.75 Å². The van der Waals surface area contributed by atoms with Gasteiger partial charge in [0.2, 0.25) is 0 Å². The summed E-state index contributed by atoms with van der Waals surface area (Å²) in [5.74, 6) is -0.0193. The Kier molecular flexibility index (Phi) is 3.31. The second-order valence-corrected chi connectivity index (χ2v) is 3.05. The highest BCUT2D eigenvalue weighted by Gasteiger charge is 2.30. The number of hydrogen-bond donors (Lipinski definition) is 2. The summed E-state index contributed by atoms with van der Waals surface area (Å²) in [6.07, 6.45) is -4.40. The van der Waals surface area contributed by atoms with E-state index < -0.39 is 20.3 Å². The first-order valence-electron chi connectivity index (χ1n) is 3.43. The Morgan fingerprint density at radius 1 is 1.07 bits per heavy atom. The van der Waals surface area contributed by atoms with E-state index in [4.69, 9.17) is 9.79 Å². The number of halogens is 3. The van der Waals surface area contributed by atoms with E-state index in [1.807, 2.05) is 0 Å². The third-order valence-electron chi connectivity index (χ3n) is 1.37. The van der Waals surface area contributed by atoms with E-state index in [2.05, 4.69) is 4.52 Å². The summed E-state index contributed by atoms with van der Waals surface area (Å²) in [7, 11) is -2.60. The Balaban J connectivity index is 2.79. The third kappa shape index (κ3) is 3.14. The number of rotatable bonds is 2. The molecule has 0 aliphatic carbocycles. The first-order valence-corrected chi connectivity index (χ1v) is 4.59. The van der Waals surface area contributed by atoms with Gasteiger partial charge in [0.25, 0.3) is 0 Å². The summed E-state index contributed by atoms with van der Waals surface area (Å²) in [6, 6.07) is 3.64. The molecule has 0 heterocycles. The van der Waals surface area contributed by atoms with Gasteiger partial charge in [-0.15, -0.1) is 0 Å². The minimum Gasteiger partial charge on any atom is -0.427 e. The molecule has 0 aliphatic rings. The van der Waals surface area contributed by atoms with Crippen LogP contribution in [0.15, 0.2) is 24.3 Å². The van der Waals surface area contributed by atoms with E-state index in [-0.39, 0.29) is 5.75 Å². The van der Waals surface area contributed by atoms with Gasteiger partial charge in [0.15, 0.2) is 0 Å². The minimum atomic E-state index is -4.40. The van der Waals surface area contributed by atoms with Gasteiger partial charge in [0.05, 0.1) is 5.56 Å². The summed E-state index contributed by atoms with van der Waals surface area (Å²) >= 11 is 0. The fourth-order valence-corrected chi connectivity index (χ4v) is 1.11. The fourth-order valence-electron chi connectivity index (χ4n) is 0.799. The molecule has 1 aromatic carbocycles. The second-order valence-electron chi connectivity index (χ2n) is 2.37. The van der Waals surface area contributed by atoms with Crippen LogP contribution in [0.2, 0.25) is 0 Å². The monoisotopic (exact) mass is 226 g/mol. The molecule has 0 aromatic heterocycles. The van der Waals surface area contributed by atoms with Crippen molar-refractivity contribution >= 4 is 8.60 Å². The molecule has 0 spiro atoms. The van der Waals surface area contributed by atoms with Crippen LogP contribution in [0.3, 0.4) is 0 Å². The molecule has 3 nitrogen and oxygen atoms in total. The lowest BCUT2D eigenvalue weighted by Crippen LogP contribution is -2.03. The van der Waals surface area contributed by atoms with Gasteiger partial charge in [-0.2, -0.15) is 13.2 Å². The Morgan fingerprint density at radius 2 is 1.57 bits per heavy atom. The average Bonchev–Trinajstić information content (AvgIpc) is 2.02. The van der Waals surface area contributed by atoms with Crippen molar-refractivity contribution in [1.82, 2.24) is 0 Å². The lowest BCUT2D eigenvalue weighted by molar-refractivity contribution is -0.137. The number of hydrogen-bond acceptors (Lipinski definition) is 3. The van der Waals surface area contributed by atoms with Crippen LogP contribution in [0.5, 0.6) is 5.75 Å². The molecule has 14 heavy (non-hydrogen) atoms. The van der Waals surface area contributed by atoms with Gasteiger partial charge in [0.1, 0.15) is 5.75 Å². The maximum Gasteiger partial charge on any atom is 0.416 e. The molecule has 1 rings (SSSR count). The zero-order chi connectivity index (χ0) is 10.8. The highest BCUT2D eigenvalue weighted by atomic mass is 31.2. The van der Waals surface area contributed by atoms with Gasteiger partial charge < -0.3 is 14.3 Å². The molecule has 78 valence electrons. The molecule has 0 aliphatic heterocycles. The van der Waals surface area contributed by atoms with Gasteiger partial charge >= 0.3 is 14.8 Å². The van der Waals surface area contributed by atoms with Gasteiger partial charge in [-0.1, -0.05) is 0 Å². The van der Waals surface area contributed by atoms with E-state index in [1.54, 1.807) is 0 Å². The lowest BCUT2D eigenvalue weighted by atomic mass is 10.2. The predicted molar refractivity (Wildman–Crippen MR) is 43.4 cm³/mol. The Bertz CT molecular complexity index is 296. The Labute approximate surface area is 78.8 Å². The molecule has 7 heteroatoms. The Morgan fingerprint density at radius 3 is 1.93 bits per heavy atom. The highest BCUT2D eigenvalue weighted by Crippen LogP contribution is 2.33. The van der Waals surface area contributed by atoms with Crippen molar-refractivity contribution in [2.24, 2.45) is 0 Å². The molecular formula is C7H6F3O3P. The van der Waals surface area contributed by atoms with E-state index in [0.29, 0.717) is 0 Å². The molecule has 2 N–H and O–H groups in total. The van der Waals surface area contributed by atoms with Gasteiger partial charge in [0, 0.05) is 0 Å². The van der Waals surface area contributed by atoms with Gasteiger partial charge in [-0.3, -0.25) is 0 Å². The largest absolute Gasteiger partial charge is 0.427 e. The smallest absolute Gasteiger partial charge is 0.416 e. The zero-order valence-electron chi connectivity index (χ0n) is 6.69. The molecule has 0 atom stereocenters. The predicted octanol–water partition coefficient (Wildman–Crippen LogP) is 2.30. The highest BCUT2D eigenvalue weighted by molar-refractivity contribution is 7.39. The van der Waals surface area contributed by atoms with Crippen molar-refractivity contribution in [1.29, 1.82) is 0 Å². The molecule has 0 radical (unpaired) electrons. The van der Waals surface area contributed by atoms with E-state index in [9.17, 15) is 13.2 Å². The standard InChI is InChI=1S/C7H6F3O3P/c8-7(9,10)5-1-3-6(4-2-5)13-14(11)12/h1-4,11-12H. The van der Waals surface area contributed by atoms with Crippen LogP contribution < -0.4 is 4.52 Å². The summed E-state index contributed by atoms with van der Waals surface area (Å²) in [4.78, 5) is 16.8. The molecular weight excluding hydrogens is 220 g/mol. The molecule has 0 saturated heterocycles. The molecule has 0 unspecified atom stereocenters. The maximum absolute atomic E-state index is 12.0. The first-order chi connectivity index (χ1) is 6.39. The molecule has 0 bridgehead atoms. The minimum absolute atomic E-state index is 0.0193. The zero-order valence-corrected chi connectivity index (χ0v) is 7.59. The SMILES string of the molecule is OP(O)Oc1ccc(C(F)(F)F)cc1. The topological polar surface area (TPSA) is 49.7 Å². The van der Waals surface area contributed by atoms with Crippen LogP contribution in [0.25, 0.3) is 0 Å². The number of benzene rings is 1. The van der Waals surface area contributed by atoms with Crippen LogP contribution >= 0.6 is 8.60 Å². The normalized spacial score (nSPS) is 11.9. The van der Waals surface area contributed by atoms with Crippen LogP contribution in [-0.2, 0) is 6.18 Å². The van der Waals surface area contributed by atoms with E-state index >= 15 is 0 Å². The van der Waals surface area contributed by atoms with E-state index in [0.717, 1.165) is 24.3 Å². The van der Waals surface area contributed by atoms with E-state index in [1.165, 1.54) is 0 Å². The second kappa shape index (κ2) is 4.13. The summed E-state index contributed by atoms with van der Waals surface area (Å²) in [5, 5.41) is 0. The molecule has 0 amide bonds. The lowest BCUT2D eigenvalue weighted by Gasteiger charge is -2.08. The van der Waals surface area contributed by atoms with Crippen molar-refractivity contribution in [3.05, 3.63) is 29.8 Å². The summed E-state index contributed by atoms with van der Waals surface area (Å²) < 4.78 is 40.5. The van der Waals surface area contributed by atoms with Crippen LogP contribution in [0.4, 0.5) is 13.2 Å². The van der Waals surface area contributed by atoms with Crippen LogP contribution in [0.1, 0.15) is 5.56 Å². The fraction of sp³-hybridized carbons (Fsp3) is 0.143. The molecule has 1 aromatic rings. The number of alkyl halides is 3. The van der Waals surface area contributed by atoms with Crippen molar-refractivity contribution < 1.29 is 27.5 Å². The Hall–Kier alpha value is -0.840. The van der Waals surface area contributed by atoms with Crippen molar-refractivity contribution in [2.75, 3.05) is 0 Å². The van der Waals surface area contributed by atoms with Crippen LogP contribution in [-0.4, -0.2) is 9.79 Å². The van der Waals surface area contributed by atoms with Gasteiger partial charge in [-0.25, -0.2) is 0 Å².